The van der Waals surface area contributed by atoms with Gasteiger partial charge in [-0.3, -0.25) is 9.59 Å². The van der Waals surface area contributed by atoms with E-state index in [-0.39, 0.29) is 30.1 Å². The molecule has 0 fully saturated rings. The predicted molar refractivity (Wildman–Crippen MR) is 56.3 cm³/mol. The molecule has 1 aromatic rings. The second-order valence-electron chi connectivity index (χ2n) is 3.88. The Bertz CT molecular complexity index is 370. The number of hydrogen-bond donors (Lipinski definition) is 0. The van der Waals surface area contributed by atoms with Crippen LogP contribution in [0.1, 0.15) is 32.4 Å². The van der Waals surface area contributed by atoms with Crippen molar-refractivity contribution in [2.45, 2.75) is 26.7 Å². The van der Waals surface area contributed by atoms with Gasteiger partial charge in [0.05, 0.1) is 5.92 Å². The molecule has 0 amide bonds. The van der Waals surface area contributed by atoms with Crippen molar-refractivity contribution in [2.24, 2.45) is 5.92 Å². The Kier molecular flexibility index (Phi) is 4.22. The second-order valence-corrected chi connectivity index (χ2v) is 3.88. The Morgan fingerprint density at radius 2 is 2.31 bits per heavy atom. The van der Waals surface area contributed by atoms with Crippen molar-refractivity contribution in [3.8, 4) is 5.88 Å². The predicted octanol–water partition coefficient (Wildman–Crippen LogP) is 1.58. The van der Waals surface area contributed by atoms with Gasteiger partial charge in [-0.05, 0) is 18.0 Å². The number of Topliss-reactive ketones (excluding diaryl/α,β-unsaturated/α-hetero) is 1. The maximum atomic E-state index is 11.4. The second kappa shape index (κ2) is 5.44. The van der Waals surface area contributed by atoms with Gasteiger partial charge in [0.2, 0.25) is 0 Å². The minimum Gasteiger partial charge on any atom is -0.468 e. The average molecular weight is 225 g/mol. The largest absolute Gasteiger partial charge is 0.468 e. The van der Waals surface area contributed by atoms with Crippen LogP contribution in [0.25, 0.3) is 0 Å². The third-order valence-electron chi connectivity index (χ3n) is 2.22. The van der Waals surface area contributed by atoms with Crippen LogP contribution in [0.4, 0.5) is 0 Å². The topological polar surface area (TPSA) is 69.4 Å². The van der Waals surface area contributed by atoms with Gasteiger partial charge in [-0.1, -0.05) is 13.8 Å². The summed E-state index contributed by atoms with van der Waals surface area (Å²) in [6.07, 6.45) is 0.624. The lowest BCUT2D eigenvalue weighted by atomic mass is 9.90. The average Bonchev–Trinajstić information content (AvgIpc) is 2.62. The number of ether oxygens (including phenoxy) is 1. The molecule has 1 aromatic heterocycles. The highest BCUT2D eigenvalue weighted by molar-refractivity contribution is 5.82. The maximum absolute atomic E-state index is 11.4. The standard InChI is InChI=1S/C11H15NO4/c1-7(2)11(8(3)14)9-6-10(12-16-9)15-5-4-13/h4,6-7,11H,5H2,1-3H3. The minimum atomic E-state index is -0.318. The molecule has 88 valence electrons. The summed E-state index contributed by atoms with van der Waals surface area (Å²) < 4.78 is 10.00. The van der Waals surface area contributed by atoms with Crippen LogP contribution in [0, 0.1) is 5.92 Å². The van der Waals surface area contributed by atoms with Gasteiger partial charge in [0.25, 0.3) is 5.88 Å². The fourth-order valence-corrected chi connectivity index (χ4v) is 1.60. The molecular formula is C11H15NO4. The van der Waals surface area contributed by atoms with Crippen molar-refractivity contribution >= 4 is 12.1 Å². The van der Waals surface area contributed by atoms with Crippen LogP contribution in [0.5, 0.6) is 5.88 Å². The van der Waals surface area contributed by atoms with Crippen LogP contribution in [0.15, 0.2) is 10.6 Å². The van der Waals surface area contributed by atoms with Gasteiger partial charge in [0.15, 0.2) is 12.0 Å². The molecule has 0 saturated heterocycles. The zero-order valence-electron chi connectivity index (χ0n) is 9.60. The summed E-state index contributed by atoms with van der Waals surface area (Å²) in [6, 6.07) is 1.55. The molecule has 0 aliphatic heterocycles. The summed E-state index contributed by atoms with van der Waals surface area (Å²) in [7, 11) is 0. The Labute approximate surface area is 93.8 Å². The molecule has 0 aliphatic rings. The Morgan fingerprint density at radius 3 is 2.81 bits per heavy atom. The fraction of sp³-hybridized carbons (Fsp3) is 0.545. The molecule has 0 saturated carbocycles. The van der Waals surface area contributed by atoms with E-state index >= 15 is 0 Å². The fourth-order valence-electron chi connectivity index (χ4n) is 1.60. The quantitative estimate of drug-likeness (QED) is 0.687. The molecule has 16 heavy (non-hydrogen) atoms. The van der Waals surface area contributed by atoms with Crippen LogP contribution in [0.2, 0.25) is 0 Å². The van der Waals surface area contributed by atoms with E-state index in [0.29, 0.717) is 12.0 Å². The molecule has 5 nitrogen and oxygen atoms in total. The molecule has 1 unspecified atom stereocenters. The lowest BCUT2D eigenvalue weighted by Crippen LogP contribution is -2.14. The molecule has 1 rings (SSSR count). The number of ketones is 1. The molecule has 0 aromatic carbocycles. The zero-order valence-corrected chi connectivity index (χ0v) is 9.60. The van der Waals surface area contributed by atoms with E-state index in [0.717, 1.165) is 0 Å². The molecule has 5 heteroatoms. The van der Waals surface area contributed by atoms with E-state index in [1.807, 2.05) is 13.8 Å². The van der Waals surface area contributed by atoms with Crippen LogP contribution in [-0.4, -0.2) is 23.8 Å². The first-order valence-corrected chi connectivity index (χ1v) is 5.09. The molecular weight excluding hydrogens is 210 g/mol. The van der Waals surface area contributed by atoms with Gasteiger partial charge in [0.1, 0.15) is 12.4 Å². The number of aldehydes is 1. The lowest BCUT2D eigenvalue weighted by molar-refractivity contribution is -0.119. The summed E-state index contributed by atoms with van der Waals surface area (Å²) in [5, 5.41) is 3.63. The first-order valence-electron chi connectivity index (χ1n) is 5.09. The summed E-state index contributed by atoms with van der Waals surface area (Å²) in [5.41, 5.74) is 0. The van der Waals surface area contributed by atoms with E-state index in [1.165, 1.54) is 6.92 Å². The molecule has 0 N–H and O–H groups in total. The number of carbonyl (C=O) groups excluding carboxylic acids is 2. The van der Waals surface area contributed by atoms with Gasteiger partial charge in [0, 0.05) is 6.07 Å². The maximum Gasteiger partial charge on any atom is 0.254 e. The number of rotatable bonds is 6. The molecule has 0 aliphatic carbocycles. The summed E-state index contributed by atoms with van der Waals surface area (Å²) in [6.45, 7) is 5.30. The highest BCUT2D eigenvalue weighted by Crippen LogP contribution is 2.27. The van der Waals surface area contributed by atoms with Gasteiger partial charge in [-0.2, -0.15) is 0 Å². The van der Waals surface area contributed by atoms with Crippen LogP contribution in [0.3, 0.4) is 0 Å². The van der Waals surface area contributed by atoms with Gasteiger partial charge in [-0.25, -0.2) is 0 Å². The van der Waals surface area contributed by atoms with Crippen LogP contribution < -0.4 is 4.74 Å². The van der Waals surface area contributed by atoms with E-state index in [2.05, 4.69) is 5.16 Å². The Hall–Kier alpha value is -1.65. The monoisotopic (exact) mass is 225 g/mol. The molecule has 0 radical (unpaired) electrons. The summed E-state index contributed by atoms with van der Waals surface area (Å²) in [4.78, 5) is 21.5. The first-order chi connectivity index (χ1) is 7.56. The van der Waals surface area contributed by atoms with E-state index in [9.17, 15) is 9.59 Å². The zero-order chi connectivity index (χ0) is 12.1. The Morgan fingerprint density at radius 1 is 1.62 bits per heavy atom. The van der Waals surface area contributed by atoms with E-state index in [1.54, 1.807) is 6.07 Å². The summed E-state index contributed by atoms with van der Waals surface area (Å²) in [5.74, 6) is 0.538. The minimum absolute atomic E-state index is 0.0214. The first kappa shape index (κ1) is 12.4. The van der Waals surface area contributed by atoms with Gasteiger partial charge < -0.3 is 9.26 Å². The van der Waals surface area contributed by atoms with E-state index < -0.39 is 0 Å². The third kappa shape index (κ3) is 2.92. The van der Waals surface area contributed by atoms with Crippen molar-refractivity contribution in [2.75, 3.05) is 6.61 Å². The van der Waals surface area contributed by atoms with Gasteiger partial charge >= 0.3 is 0 Å². The number of hydrogen-bond acceptors (Lipinski definition) is 5. The SMILES string of the molecule is CC(=O)C(c1cc(OCC=O)no1)C(C)C. The number of carbonyl (C=O) groups is 2. The summed E-state index contributed by atoms with van der Waals surface area (Å²) >= 11 is 0. The van der Waals surface area contributed by atoms with Crippen molar-refractivity contribution in [1.29, 1.82) is 0 Å². The highest BCUT2D eigenvalue weighted by Gasteiger charge is 2.25. The number of aromatic nitrogens is 1. The highest BCUT2D eigenvalue weighted by atomic mass is 16.5. The molecule has 1 heterocycles. The Balaban J connectivity index is 2.81. The van der Waals surface area contributed by atoms with Gasteiger partial charge in [-0.15, -0.1) is 0 Å². The van der Waals surface area contributed by atoms with Crippen molar-refractivity contribution in [3.05, 3.63) is 11.8 Å². The third-order valence-corrected chi connectivity index (χ3v) is 2.22. The van der Waals surface area contributed by atoms with E-state index in [4.69, 9.17) is 9.26 Å². The van der Waals surface area contributed by atoms with Crippen molar-refractivity contribution < 1.29 is 18.8 Å². The number of nitrogens with zero attached hydrogens (tertiary/aromatic N) is 1. The van der Waals surface area contributed by atoms with Crippen molar-refractivity contribution in [1.82, 2.24) is 5.16 Å². The van der Waals surface area contributed by atoms with Crippen LogP contribution in [-0.2, 0) is 9.59 Å². The normalized spacial score (nSPS) is 12.5. The molecule has 1 atom stereocenters. The molecule has 0 spiro atoms. The molecule has 0 bridgehead atoms. The van der Waals surface area contributed by atoms with Crippen molar-refractivity contribution in [3.63, 3.8) is 0 Å². The van der Waals surface area contributed by atoms with Crippen LogP contribution >= 0.6 is 0 Å². The smallest absolute Gasteiger partial charge is 0.254 e. The lowest BCUT2D eigenvalue weighted by Gasteiger charge is -2.13.